The molecule has 1 N–H and O–H groups in total. The lowest BCUT2D eigenvalue weighted by atomic mass is 9.84. The van der Waals surface area contributed by atoms with Crippen LogP contribution in [0, 0.1) is 11.8 Å². The first-order chi connectivity index (χ1) is 6.81. The van der Waals surface area contributed by atoms with E-state index in [4.69, 9.17) is 14.6 Å². The lowest BCUT2D eigenvalue weighted by Gasteiger charge is -2.35. The highest BCUT2D eigenvalue weighted by Gasteiger charge is 2.29. The third-order valence-corrected chi connectivity index (χ3v) is 3.03. The maximum atomic E-state index is 8.97. The highest BCUT2D eigenvalue weighted by molar-refractivity contribution is 4.74. The van der Waals surface area contributed by atoms with Crippen LogP contribution in [0.4, 0.5) is 0 Å². The normalized spacial score (nSPS) is 33.2. The molecule has 0 aromatic heterocycles. The largest absolute Gasteiger partial charge is 0.396 e. The van der Waals surface area contributed by atoms with Crippen molar-refractivity contribution in [3.8, 4) is 0 Å². The summed E-state index contributed by atoms with van der Waals surface area (Å²) in [5.74, 6) is 1.16. The Morgan fingerprint density at radius 3 is 2.71 bits per heavy atom. The van der Waals surface area contributed by atoms with E-state index in [1.165, 1.54) is 0 Å². The monoisotopic (exact) mass is 202 g/mol. The van der Waals surface area contributed by atoms with E-state index >= 15 is 0 Å². The molecule has 3 nitrogen and oxygen atoms in total. The average Bonchev–Trinajstić information content (AvgIpc) is 2.19. The summed E-state index contributed by atoms with van der Waals surface area (Å²) in [7, 11) is 0. The summed E-state index contributed by atoms with van der Waals surface area (Å²) in [6.07, 6.45) is 2.90. The summed E-state index contributed by atoms with van der Waals surface area (Å²) in [4.78, 5) is 0. The molecule has 1 aliphatic rings. The number of rotatable bonds is 5. The number of aliphatic hydroxyl groups excluding tert-OH is 1. The van der Waals surface area contributed by atoms with Gasteiger partial charge in [-0.3, -0.25) is 0 Å². The molecule has 0 aliphatic carbocycles. The second kappa shape index (κ2) is 6.38. The van der Waals surface area contributed by atoms with Crippen molar-refractivity contribution in [1.29, 1.82) is 0 Å². The topological polar surface area (TPSA) is 38.7 Å². The van der Waals surface area contributed by atoms with E-state index in [1.54, 1.807) is 0 Å². The zero-order valence-corrected chi connectivity index (χ0v) is 9.24. The third-order valence-electron chi connectivity index (χ3n) is 3.03. The van der Waals surface area contributed by atoms with E-state index in [1.807, 2.05) is 6.92 Å². The second-order valence-electron chi connectivity index (χ2n) is 3.89. The third kappa shape index (κ3) is 3.23. The smallest absolute Gasteiger partial charge is 0.157 e. The molecule has 1 fully saturated rings. The first-order valence-electron chi connectivity index (χ1n) is 5.65. The van der Waals surface area contributed by atoms with Gasteiger partial charge in [0.1, 0.15) is 0 Å². The average molecular weight is 202 g/mol. The van der Waals surface area contributed by atoms with Gasteiger partial charge in [-0.1, -0.05) is 13.3 Å². The van der Waals surface area contributed by atoms with Crippen molar-refractivity contribution < 1.29 is 14.6 Å². The van der Waals surface area contributed by atoms with Crippen LogP contribution in [0.3, 0.4) is 0 Å². The SMILES string of the molecule is CCO[C@@H]1C[C@H](CCO)[C@@H](CC)CO1. The summed E-state index contributed by atoms with van der Waals surface area (Å²) < 4.78 is 11.0. The maximum absolute atomic E-state index is 8.97. The zero-order valence-electron chi connectivity index (χ0n) is 9.24. The van der Waals surface area contributed by atoms with Crippen LogP contribution in [-0.2, 0) is 9.47 Å². The number of ether oxygens (including phenoxy) is 2. The molecule has 1 rings (SSSR count). The minimum absolute atomic E-state index is 0.0423. The molecular weight excluding hydrogens is 180 g/mol. The van der Waals surface area contributed by atoms with Crippen LogP contribution in [0.5, 0.6) is 0 Å². The van der Waals surface area contributed by atoms with E-state index in [2.05, 4.69) is 6.92 Å². The van der Waals surface area contributed by atoms with Gasteiger partial charge in [0, 0.05) is 19.6 Å². The Balaban J connectivity index is 2.39. The Bertz CT molecular complexity index is 149. The number of hydrogen-bond acceptors (Lipinski definition) is 3. The van der Waals surface area contributed by atoms with Crippen molar-refractivity contribution >= 4 is 0 Å². The molecule has 1 saturated heterocycles. The molecule has 14 heavy (non-hydrogen) atoms. The molecule has 1 heterocycles. The van der Waals surface area contributed by atoms with Crippen LogP contribution in [-0.4, -0.2) is 31.2 Å². The summed E-state index contributed by atoms with van der Waals surface area (Å²) in [6.45, 7) is 5.93. The van der Waals surface area contributed by atoms with Crippen LogP contribution in [0.25, 0.3) is 0 Å². The maximum Gasteiger partial charge on any atom is 0.157 e. The molecule has 0 spiro atoms. The van der Waals surface area contributed by atoms with Crippen molar-refractivity contribution in [1.82, 2.24) is 0 Å². The molecule has 0 saturated carbocycles. The van der Waals surface area contributed by atoms with Crippen LogP contribution in [0.2, 0.25) is 0 Å². The van der Waals surface area contributed by atoms with Crippen LogP contribution >= 0.6 is 0 Å². The van der Waals surface area contributed by atoms with Crippen molar-refractivity contribution in [3.05, 3.63) is 0 Å². The fourth-order valence-electron chi connectivity index (χ4n) is 2.15. The quantitative estimate of drug-likeness (QED) is 0.738. The van der Waals surface area contributed by atoms with E-state index < -0.39 is 0 Å². The Labute approximate surface area is 86.4 Å². The Hall–Kier alpha value is -0.120. The molecule has 1 aliphatic heterocycles. The van der Waals surface area contributed by atoms with Gasteiger partial charge in [0.05, 0.1) is 6.61 Å². The van der Waals surface area contributed by atoms with Crippen molar-refractivity contribution in [2.75, 3.05) is 19.8 Å². The molecule has 3 heteroatoms. The first kappa shape index (κ1) is 12.0. The summed E-state index contributed by atoms with van der Waals surface area (Å²) in [6, 6.07) is 0. The molecule has 0 amide bonds. The van der Waals surface area contributed by atoms with Gasteiger partial charge in [-0.05, 0) is 25.2 Å². The predicted octanol–water partition coefficient (Wildman–Crippen LogP) is 1.79. The lowest BCUT2D eigenvalue weighted by molar-refractivity contribution is -0.189. The van der Waals surface area contributed by atoms with Crippen LogP contribution in [0.15, 0.2) is 0 Å². The van der Waals surface area contributed by atoms with Gasteiger partial charge in [0.15, 0.2) is 6.29 Å². The van der Waals surface area contributed by atoms with E-state index in [0.29, 0.717) is 18.4 Å². The van der Waals surface area contributed by atoms with Crippen molar-refractivity contribution in [2.45, 2.75) is 39.4 Å². The van der Waals surface area contributed by atoms with E-state index in [9.17, 15) is 0 Å². The van der Waals surface area contributed by atoms with Crippen molar-refractivity contribution in [2.24, 2.45) is 11.8 Å². The highest BCUT2D eigenvalue weighted by Crippen LogP contribution is 2.30. The number of hydrogen-bond donors (Lipinski definition) is 1. The van der Waals surface area contributed by atoms with Gasteiger partial charge in [0.2, 0.25) is 0 Å². The molecular formula is C11H22O3. The standard InChI is InChI=1S/C11H22O3/c1-3-9-8-14-11(13-4-2)7-10(9)5-6-12/h9-12H,3-8H2,1-2H3/t9-,10-,11-/m0/s1. The molecule has 0 bridgehead atoms. The number of aliphatic hydroxyl groups is 1. The fraction of sp³-hybridized carbons (Fsp3) is 1.00. The second-order valence-corrected chi connectivity index (χ2v) is 3.89. The Kier molecular flexibility index (Phi) is 5.45. The molecule has 84 valence electrons. The molecule has 3 atom stereocenters. The predicted molar refractivity (Wildman–Crippen MR) is 55.0 cm³/mol. The van der Waals surface area contributed by atoms with Gasteiger partial charge in [0.25, 0.3) is 0 Å². The van der Waals surface area contributed by atoms with E-state index in [-0.39, 0.29) is 12.9 Å². The van der Waals surface area contributed by atoms with Gasteiger partial charge < -0.3 is 14.6 Å². The molecule has 0 unspecified atom stereocenters. The Morgan fingerprint density at radius 1 is 1.36 bits per heavy atom. The van der Waals surface area contributed by atoms with Crippen molar-refractivity contribution in [3.63, 3.8) is 0 Å². The van der Waals surface area contributed by atoms with Crippen LogP contribution < -0.4 is 0 Å². The molecule has 0 aromatic carbocycles. The highest BCUT2D eigenvalue weighted by atomic mass is 16.7. The molecule has 0 aromatic rings. The van der Waals surface area contributed by atoms with Crippen LogP contribution in [0.1, 0.15) is 33.1 Å². The minimum atomic E-state index is -0.0423. The minimum Gasteiger partial charge on any atom is -0.396 e. The summed E-state index contributed by atoms with van der Waals surface area (Å²) in [5, 5.41) is 8.97. The fourth-order valence-corrected chi connectivity index (χ4v) is 2.15. The van der Waals surface area contributed by atoms with Gasteiger partial charge in [-0.15, -0.1) is 0 Å². The lowest BCUT2D eigenvalue weighted by Crippen LogP contribution is -2.35. The summed E-state index contributed by atoms with van der Waals surface area (Å²) in [5.41, 5.74) is 0. The Morgan fingerprint density at radius 2 is 2.14 bits per heavy atom. The molecule has 0 radical (unpaired) electrons. The van der Waals surface area contributed by atoms with Gasteiger partial charge >= 0.3 is 0 Å². The van der Waals surface area contributed by atoms with Gasteiger partial charge in [-0.2, -0.15) is 0 Å². The zero-order chi connectivity index (χ0) is 10.4. The first-order valence-corrected chi connectivity index (χ1v) is 5.65. The summed E-state index contributed by atoms with van der Waals surface area (Å²) >= 11 is 0. The van der Waals surface area contributed by atoms with E-state index in [0.717, 1.165) is 25.9 Å². The van der Waals surface area contributed by atoms with Gasteiger partial charge in [-0.25, -0.2) is 0 Å².